The highest BCUT2D eigenvalue weighted by Gasteiger charge is 2.25. The Labute approximate surface area is 296 Å². The highest BCUT2D eigenvalue weighted by atomic mass is 16.5. The quantitative estimate of drug-likeness (QED) is 0.0624. The van der Waals surface area contributed by atoms with Crippen LogP contribution in [-0.2, 0) is 25.2 Å². The first-order valence-electron chi connectivity index (χ1n) is 17.4. The summed E-state index contributed by atoms with van der Waals surface area (Å²) in [5.41, 5.74) is 4.43. The second-order valence-electron chi connectivity index (χ2n) is 13.7. The largest absolute Gasteiger partial charge is 0.497 e. The second-order valence-corrected chi connectivity index (χ2v) is 13.7. The molecule has 4 rings (SSSR count). The van der Waals surface area contributed by atoms with Crippen LogP contribution in [0.2, 0.25) is 0 Å². The third-order valence-electron chi connectivity index (χ3n) is 9.47. The molecule has 0 atom stereocenters. The number of esters is 3. The molecule has 0 heterocycles. The van der Waals surface area contributed by atoms with Crippen LogP contribution in [0.25, 0.3) is 0 Å². The lowest BCUT2D eigenvalue weighted by molar-refractivity contribution is -0.135. The second kappa shape index (κ2) is 17.7. The summed E-state index contributed by atoms with van der Waals surface area (Å²) in [4.78, 5) is 36.6. The number of carbonyl (C=O) groups is 3. The van der Waals surface area contributed by atoms with Crippen molar-refractivity contribution in [1.82, 2.24) is 0 Å². The van der Waals surface area contributed by atoms with Crippen molar-refractivity contribution in [2.24, 2.45) is 0 Å². The van der Waals surface area contributed by atoms with E-state index in [1.54, 1.807) is 19.2 Å². The van der Waals surface area contributed by atoms with Gasteiger partial charge in [-0.05, 0) is 83.6 Å². The molecular weight excluding hydrogens is 628 g/mol. The molecule has 4 aromatic carbocycles. The first-order chi connectivity index (χ1) is 23.9. The minimum atomic E-state index is -0.361. The number of benzene rings is 4. The molecule has 0 aliphatic carbocycles. The number of unbranched alkanes of at least 4 members (excludes halogenated alkanes) is 5. The fourth-order valence-electron chi connectivity index (χ4n) is 5.97. The molecule has 0 aliphatic heterocycles. The van der Waals surface area contributed by atoms with E-state index < -0.39 is 0 Å². The van der Waals surface area contributed by atoms with E-state index in [1.165, 1.54) is 12.7 Å². The van der Waals surface area contributed by atoms with Crippen molar-refractivity contribution < 1.29 is 33.3 Å². The normalized spacial score (nSPS) is 11.5. The third-order valence-corrected chi connectivity index (χ3v) is 9.47. The lowest BCUT2D eigenvalue weighted by Gasteiger charge is -2.26. The minimum Gasteiger partial charge on any atom is -0.497 e. The number of methoxy groups -OCH3 is 2. The maximum absolute atomic E-state index is 12.4. The predicted octanol–water partition coefficient (Wildman–Crippen LogP) is 9.77. The van der Waals surface area contributed by atoms with Crippen molar-refractivity contribution in [3.05, 3.63) is 125 Å². The van der Waals surface area contributed by atoms with Gasteiger partial charge >= 0.3 is 17.9 Å². The summed E-state index contributed by atoms with van der Waals surface area (Å²) in [5.74, 6) is 1.08. The highest BCUT2D eigenvalue weighted by molar-refractivity contribution is 5.89. The van der Waals surface area contributed by atoms with Crippen molar-refractivity contribution in [2.75, 3.05) is 14.2 Å². The zero-order valence-electron chi connectivity index (χ0n) is 30.3. The van der Waals surface area contributed by atoms with Gasteiger partial charge in [-0.2, -0.15) is 0 Å². The van der Waals surface area contributed by atoms with Gasteiger partial charge < -0.3 is 18.9 Å². The molecule has 0 bridgehead atoms. The molecule has 0 spiro atoms. The summed E-state index contributed by atoms with van der Waals surface area (Å²) in [6.07, 6.45) is 6.14. The Bertz CT molecular complexity index is 1680. The average Bonchev–Trinajstić information content (AvgIpc) is 3.13. The molecule has 0 saturated heterocycles. The Morgan fingerprint density at radius 3 is 1.12 bits per heavy atom. The van der Waals surface area contributed by atoms with Crippen LogP contribution in [0, 0.1) is 0 Å². The van der Waals surface area contributed by atoms with E-state index in [0.717, 1.165) is 61.0 Å². The summed E-state index contributed by atoms with van der Waals surface area (Å²) in [7, 11) is 3.03. The first kappa shape index (κ1) is 37.9. The zero-order chi connectivity index (χ0) is 36.1. The van der Waals surface area contributed by atoms with E-state index >= 15 is 0 Å². The fourth-order valence-corrected chi connectivity index (χ4v) is 5.97. The Morgan fingerprint density at radius 1 is 0.460 bits per heavy atom. The topological polar surface area (TPSA) is 88.1 Å². The van der Waals surface area contributed by atoms with Crippen LogP contribution >= 0.6 is 0 Å². The van der Waals surface area contributed by atoms with Crippen molar-refractivity contribution in [2.45, 2.75) is 89.9 Å². The lowest BCUT2D eigenvalue weighted by Crippen LogP contribution is -2.19. The van der Waals surface area contributed by atoms with Crippen LogP contribution in [0.3, 0.4) is 0 Å². The van der Waals surface area contributed by atoms with Gasteiger partial charge in [0.25, 0.3) is 0 Å². The highest BCUT2D eigenvalue weighted by Crippen LogP contribution is 2.34. The third kappa shape index (κ3) is 10.3. The summed E-state index contributed by atoms with van der Waals surface area (Å²) < 4.78 is 21.2. The molecule has 0 aliphatic rings. The smallest absolute Gasteiger partial charge is 0.337 e. The summed E-state index contributed by atoms with van der Waals surface area (Å²) >= 11 is 0. The van der Waals surface area contributed by atoms with Gasteiger partial charge in [-0.1, -0.05) is 102 Å². The molecule has 7 nitrogen and oxygen atoms in total. The molecule has 0 saturated carbocycles. The van der Waals surface area contributed by atoms with Crippen molar-refractivity contribution in [3.63, 3.8) is 0 Å². The van der Waals surface area contributed by atoms with Gasteiger partial charge in [-0.25, -0.2) is 4.79 Å². The molecular formula is C43H50O7. The fraction of sp³-hybridized carbons (Fsp3) is 0.372. The molecule has 0 N–H and O–H groups in total. The van der Waals surface area contributed by atoms with Crippen LogP contribution < -0.4 is 14.2 Å². The summed E-state index contributed by atoms with van der Waals surface area (Å²) in [6, 6.07) is 30.8. The molecule has 0 unspecified atom stereocenters. The predicted molar refractivity (Wildman–Crippen MR) is 196 cm³/mol. The molecule has 0 aromatic heterocycles. The van der Waals surface area contributed by atoms with Crippen molar-refractivity contribution >= 4 is 17.9 Å². The van der Waals surface area contributed by atoms with Gasteiger partial charge in [0.15, 0.2) is 0 Å². The van der Waals surface area contributed by atoms with E-state index in [0.29, 0.717) is 29.9 Å². The SMILES string of the molecule is COC(=O)c1ccc(C(C)(C)c2ccc(OC(=O)CCCCCCCCC(=O)Oc3ccc(C(C)(C)c4ccc(OC)cc4)cc3)cc2)cc1. The van der Waals surface area contributed by atoms with Crippen molar-refractivity contribution in [3.8, 4) is 17.2 Å². The zero-order valence-corrected chi connectivity index (χ0v) is 30.3. The van der Waals surface area contributed by atoms with Gasteiger partial charge in [0, 0.05) is 23.7 Å². The maximum Gasteiger partial charge on any atom is 0.337 e. The number of ether oxygens (including phenoxy) is 4. The van der Waals surface area contributed by atoms with E-state index in [9.17, 15) is 14.4 Å². The standard InChI is InChI=1S/C43H50O7/c1-42(2,32-17-15-31(16-18-32)41(46)48-6)34-21-27-37(28-22-34)49-39(44)13-11-9-7-8-10-12-14-40(45)50-38-29-23-35(24-30-38)43(3,4)33-19-25-36(47-5)26-20-33/h15-30H,7-14H2,1-6H3. The van der Waals surface area contributed by atoms with E-state index in [1.807, 2.05) is 72.8 Å². The lowest BCUT2D eigenvalue weighted by atomic mass is 9.78. The first-order valence-corrected chi connectivity index (χ1v) is 17.4. The molecule has 0 amide bonds. The van der Waals surface area contributed by atoms with Crippen LogP contribution in [0.4, 0.5) is 0 Å². The number of hydrogen-bond donors (Lipinski definition) is 0. The summed E-state index contributed by atoms with van der Waals surface area (Å²) in [6.45, 7) is 8.56. The maximum atomic E-state index is 12.4. The number of hydrogen-bond acceptors (Lipinski definition) is 7. The van der Waals surface area contributed by atoms with E-state index in [-0.39, 0.29) is 28.7 Å². The van der Waals surface area contributed by atoms with Crippen LogP contribution in [0.5, 0.6) is 17.2 Å². The number of carbonyl (C=O) groups excluding carboxylic acids is 3. The molecule has 50 heavy (non-hydrogen) atoms. The minimum absolute atomic E-state index is 0.204. The van der Waals surface area contributed by atoms with Gasteiger partial charge in [-0.15, -0.1) is 0 Å². The van der Waals surface area contributed by atoms with Gasteiger partial charge in [-0.3, -0.25) is 9.59 Å². The van der Waals surface area contributed by atoms with E-state index in [2.05, 4.69) is 39.8 Å². The Hall–Kier alpha value is -4.91. The van der Waals surface area contributed by atoms with Crippen LogP contribution in [-0.4, -0.2) is 32.1 Å². The Balaban J connectivity index is 1.09. The average molecular weight is 679 g/mol. The molecule has 4 aromatic rings. The Kier molecular flexibility index (Phi) is 13.4. The van der Waals surface area contributed by atoms with Crippen molar-refractivity contribution in [1.29, 1.82) is 0 Å². The summed E-state index contributed by atoms with van der Waals surface area (Å²) in [5, 5.41) is 0. The molecule has 7 heteroatoms. The van der Waals surface area contributed by atoms with Gasteiger partial charge in [0.2, 0.25) is 0 Å². The Morgan fingerprint density at radius 2 is 0.780 bits per heavy atom. The monoisotopic (exact) mass is 678 g/mol. The molecule has 0 fully saturated rings. The number of rotatable bonds is 17. The molecule has 0 radical (unpaired) electrons. The van der Waals surface area contributed by atoms with Crippen LogP contribution in [0.1, 0.15) is 112 Å². The van der Waals surface area contributed by atoms with Crippen LogP contribution in [0.15, 0.2) is 97.1 Å². The molecule has 264 valence electrons. The van der Waals surface area contributed by atoms with E-state index in [4.69, 9.17) is 18.9 Å². The van der Waals surface area contributed by atoms with Gasteiger partial charge in [0.05, 0.1) is 19.8 Å². The van der Waals surface area contributed by atoms with Gasteiger partial charge in [0.1, 0.15) is 17.2 Å².